The first-order valence-corrected chi connectivity index (χ1v) is 8.01. The fourth-order valence-electron chi connectivity index (χ4n) is 2.64. The Kier molecular flexibility index (Phi) is 4.84. The van der Waals surface area contributed by atoms with E-state index >= 15 is 0 Å². The van der Waals surface area contributed by atoms with Gasteiger partial charge in [0.05, 0.1) is 12.7 Å². The Morgan fingerprint density at radius 2 is 1.73 bits per heavy atom. The number of aromatic amines is 1. The van der Waals surface area contributed by atoms with E-state index in [-0.39, 0.29) is 11.3 Å². The molecule has 0 spiro atoms. The van der Waals surface area contributed by atoms with E-state index in [4.69, 9.17) is 9.47 Å². The topological polar surface area (TPSA) is 85.5 Å². The van der Waals surface area contributed by atoms with Gasteiger partial charge in [0, 0.05) is 22.5 Å². The Morgan fingerprint density at radius 3 is 2.42 bits per heavy atom. The molecule has 1 atom stereocenters. The van der Waals surface area contributed by atoms with Gasteiger partial charge in [0.15, 0.2) is 6.10 Å². The molecule has 3 aromatic rings. The van der Waals surface area contributed by atoms with E-state index in [1.165, 1.54) is 20.1 Å². The zero-order valence-electron chi connectivity index (χ0n) is 14.3. The number of rotatable bonds is 5. The maximum absolute atomic E-state index is 12.5. The molecule has 0 saturated carbocycles. The Balaban J connectivity index is 1.83. The third kappa shape index (κ3) is 3.49. The lowest BCUT2D eigenvalue weighted by Gasteiger charge is -2.13. The van der Waals surface area contributed by atoms with Crippen LogP contribution in [-0.4, -0.2) is 30.0 Å². The normalized spacial score (nSPS) is 11.8. The molecular formula is C20H17NO5. The molecule has 0 fully saturated rings. The summed E-state index contributed by atoms with van der Waals surface area (Å²) in [5.41, 5.74) is 0.645. The average molecular weight is 351 g/mol. The molecule has 2 aromatic carbocycles. The number of hydrogen-bond donors (Lipinski definition) is 1. The summed E-state index contributed by atoms with van der Waals surface area (Å²) in [5.74, 6) is -0.432. The third-order valence-corrected chi connectivity index (χ3v) is 4.00. The first kappa shape index (κ1) is 17.4. The van der Waals surface area contributed by atoms with Crippen LogP contribution in [-0.2, 0) is 4.74 Å². The molecule has 0 aliphatic carbocycles. The highest BCUT2D eigenvalue weighted by Crippen LogP contribution is 2.18. The summed E-state index contributed by atoms with van der Waals surface area (Å²) < 4.78 is 10.4. The average Bonchev–Trinajstić information content (AvgIpc) is 2.66. The van der Waals surface area contributed by atoms with E-state index < -0.39 is 17.6 Å². The van der Waals surface area contributed by atoms with Crippen molar-refractivity contribution in [3.05, 3.63) is 76.1 Å². The molecule has 6 nitrogen and oxygen atoms in total. The molecule has 1 N–H and O–H groups in total. The maximum Gasteiger partial charge on any atom is 0.339 e. The lowest BCUT2D eigenvalue weighted by atomic mass is 10.1. The number of hydrogen-bond acceptors (Lipinski definition) is 5. The Hall–Kier alpha value is -3.41. The van der Waals surface area contributed by atoms with Crippen LogP contribution in [0.5, 0.6) is 5.75 Å². The van der Waals surface area contributed by atoms with Gasteiger partial charge in [-0.25, -0.2) is 4.79 Å². The van der Waals surface area contributed by atoms with E-state index in [9.17, 15) is 14.4 Å². The Morgan fingerprint density at radius 1 is 1.04 bits per heavy atom. The monoisotopic (exact) mass is 351 g/mol. The smallest absolute Gasteiger partial charge is 0.339 e. The number of pyridine rings is 1. The molecule has 0 bridgehead atoms. The van der Waals surface area contributed by atoms with Crippen LogP contribution in [0.25, 0.3) is 10.9 Å². The van der Waals surface area contributed by atoms with Gasteiger partial charge in [0.25, 0.3) is 0 Å². The second-order valence-electron chi connectivity index (χ2n) is 5.73. The van der Waals surface area contributed by atoms with E-state index in [1.54, 1.807) is 48.5 Å². The Labute approximate surface area is 149 Å². The second kappa shape index (κ2) is 7.23. The molecule has 0 saturated heterocycles. The van der Waals surface area contributed by atoms with Gasteiger partial charge >= 0.3 is 5.97 Å². The number of methoxy groups -OCH3 is 1. The number of ether oxygens (including phenoxy) is 2. The summed E-state index contributed by atoms with van der Waals surface area (Å²) in [6.07, 6.45) is -0.992. The summed E-state index contributed by atoms with van der Waals surface area (Å²) in [7, 11) is 1.53. The van der Waals surface area contributed by atoms with Crippen LogP contribution in [0.1, 0.15) is 27.6 Å². The van der Waals surface area contributed by atoms with E-state index in [0.29, 0.717) is 22.2 Å². The van der Waals surface area contributed by atoms with Crippen molar-refractivity contribution in [1.82, 2.24) is 4.98 Å². The highest BCUT2D eigenvalue weighted by Gasteiger charge is 2.22. The number of esters is 1. The maximum atomic E-state index is 12.5. The minimum atomic E-state index is -0.992. The standard InChI is InChI=1S/C20H17NO5/c1-12(19(23)13-7-9-14(25-2)10-8-13)26-20(24)16-11-18(22)21-17-6-4-3-5-15(16)17/h3-12H,1-2H3,(H,21,22)/t12-/m1/s1. The molecule has 132 valence electrons. The van der Waals surface area contributed by atoms with Gasteiger partial charge in [-0.05, 0) is 37.3 Å². The first-order valence-electron chi connectivity index (χ1n) is 8.01. The minimum Gasteiger partial charge on any atom is -0.497 e. The molecule has 0 amide bonds. The van der Waals surface area contributed by atoms with Crippen LogP contribution >= 0.6 is 0 Å². The highest BCUT2D eigenvalue weighted by molar-refractivity contribution is 6.05. The molecule has 0 radical (unpaired) electrons. The fourth-order valence-corrected chi connectivity index (χ4v) is 2.64. The minimum absolute atomic E-state index is 0.124. The van der Waals surface area contributed by atoms with E-state index in [0.717, 1.165) is 0 Å². The quantitative estimate of drug-likeness (QED) is 0.564. The van der Waals surface area contributed by atoms with Crippen molar-refractivity contribution < 1.29 is 19.1 Å². The van der Waals surface area contributed by atoms with Crippen molar-refractivity contribution in [2.45, 2.75) is 13.0 Å². The molecule has 6 heteroatoms. The van der Waals surface area contributed by atoms with Gasteiger partial charge in [-0.3, -0.25) is 9.59 Å². The number of fused-ring (bicyclic) bond motifs is 1. The summed E-state index contributed by atoms with van der Waals surface area (Å²) in [4.78, 5) is 39.4. The molecule has 3 rings (SSSR count). The van der Waals surface area contributed by atoms with Crippen molar-refractivity contribution in [3.8, 4) is 5.75 Å². The molecule has 26 heavy (non-hydrogen) atoms. The fraction of sp³-hybridized carbons (Fsp3) is 0.150. The zero-order valence-corrected chi connectivity index (χ0v) is 14.3. The van der Waals surface area contributed by atoms with Crippen molar-refractivity contribution in [3.63, 3.8) is 0 Å². The Bertz CT molecular complexity index is 1020. The molecular weight excluding hydrogens is 334 g/mol. The second-order valence-corrected chi connectivity index (χ2v) is 5.73. The number of carbonyl (C=O) groups excluding carboxylic acids is 2. The number of ketones is 1. The van der Waals surface area contributed by atoms with Crippen molar-refractivity contribution in [2.75, 3.05) is 7.11 Å². The van der Waals surface area contributed by atoms with Crippen LogP contribution < -0.4 is 10.3 Å². The van der Waals surface area contributed by atoms with Gasteiger partial charge in [0.2, 0.25) is 11.3 Å². The van der Waals surface area contributed by atoms with Crippen molar-refractivity contribution in [1.29, 1.82) is 0 Å². The largest absolute Gasteiger partial charge is 0.497 e. The van der Waals surface area contributed by atoms with Crippen LogP contribution in [0.4, 0.5) is 0 Å². The van der Waals surface area contributed by atoms with Gasteiger partial charge in [-0.15, -0.1) is 0 Å². The van der Waals surface area contributed by atoms with Gasteiger partial charge in [-0.1, -0.05) is 18.2 Å². The summed E-state index contributed by atoms with van der Waals surface area (Å²) in [6, 6.07) is 14.6. The van der Waals surface area contributed by atoms with Gasteiger partial charge in [-0.2, -0.15) is 0 Å². The number of nitrogens with one attached hydrogen (secondary N) is 1. The number of Topliss-reactive ketones (excluding diaryl/α,β-unsaturated/α-hetero) is 1. The number of benzene rings is 2. The number of carbonyl (C=O) groups is 2. The lowest BCUT2D eigenvalue weighted by molar-refractivity contribution is 0.0320. The lowest BCUT2D eigenvalue weighted by Crippen LogP contribution is -2.25. The van der Waals surface area contributed by atoms with E-state index in [2.05, 4.69) is 4.98 Å². The third-order valence-electron chi connectivity index (χ3n) is 4.00. The molecule has 1 heterocycles. The van der Waals surface area contributed by atoms with Gasteiger partial charge in [0.1, 0.15) is 5.75 Å². The number of aromatic nitrogens is 1. The molecule has 0 unspecified atom stereocenters. The zero-order chi connectivity index (χ0) is 18.7. The van der Waals surface area contributed by atoms with Crippen molar-refractivity contribution in [2.24, 2.45) is 0 Å². The summed E-state index contributed by atoms with van der Waals surface area (Å²) >= 11 is 0. The predicted octanol–water partition coefficient (Wildman–Crippen LogP) is 2.96. The number of H-pyrrole nitrogens is 1. The highest BCUT2D eigenvalue weighted by atomic mass is 16.5. The van der Waals surface area contributed by atoms with Crippen LogP contribution in [0.15, 0.2) is 59.4 Å². The number of para-hydroxylation sites is 1. The summed E-state index contributed by atoms with van der Waals surface area (Å²) in [5, 5.41) is 0.557. The molecule has 1 aromatic heterocycles. The predicted molar refractivity (Wildman–Crippen MR) is 96.8 cm³/mol. The van der Waals surface area contributed by atoms with Crippen LogP contribution in [0.3, 0.4) is 0 Å². The van der Waals surface area contributed by atoms with Gasteiger partial charge < -0.3 is 14.5 Å². The van der Waals surface area contributed by atoms with Crippen LogP contribution in [0.2, 0.25) is 0 Å². The SMILES string of the molecule is COc1ccc(C(=O)[C@@H](C)OC(=O)c2cc(=O)[nH]c3ccccc23)cc1. The molecule has 0 aliphatic heterocycles. The van der Waals surface area contributed by atoms with Crippen LogP contribution in [0, 0.1) is 0 Å². The molecule has 0 aliphatic rings. The summed E-state index contributed by atoms with van der Waals surface area (Å²) in [6.45, 7) is 1.50. The van der Waals surface area contributed by atoms with E-state index in [1.807, 2.05) is 0 Å². The first-order chi connectivity index (χ1) is 12.5. The van der Waals surface area contributed by atoms with Crippen molar-refractivity contribution >= 4 is 22.7 Å².